The molecule has 0 saturated carbocycles. The molecule has 1 aliphatic heterocycles. The summed E-state index contributed by atoms with van der Waals surface area (Å²) in [7, 11) is 1.73. The lowest BCUT2D eigenvalue weighted by Gasteiger charge is -2.19. The highest BCUT2D eigenvalue weighted by Crippen LogP contribution is 2.13. The van der Waals surface area contributed by atoms with E-state index < -0.39 is 0 Å². The quantitative estimate of drug-likeness (QED) is 0.669. The van der Waals surface area contributed by atoms with E-state index in [-0.39, 0.29) is 5.91 Å². The van der Waals surface area contributed by atoms with Crippen molar-refractivity contribution in [3.05, 3.63) is 11.8 Å². The number of carbonyl (C=O) groups is 1. The fourth-order valence-electron chi connectivity index (χ4n) is 1.83. The minimum Gasteiger partial charge on any atom is -0.383 e. The molecule has 1 amide bonds. The number of hydrogen-bond acceptors (Lipinski definition) is 4. The summed E-state index contributed by atoms with van der Waals surface area (Å²) in [6.45, 7) is 3.31. The number of amides is 1. The molecule has 0 radical (unpaired) electrons. The molecule has 0 aliphatic carbocycles. The van der Waals surface area contributed by atoms with Gasteiger partial charge in [0.1, 0.15) is 11.4 Å². The third-order valence-electron chi connectivity index (χ3n) is 2.84. The zero-order valence-electron chi connectivity index (χ0n) is 9.44. The van der Waals surface area contributed by atoms with Crippen LogP contribution in [-0.2, 0) is 7.05 Å². The van der Waals surface area contributed by atoms with Gasteiger partial charge in [-0.2, -0.15) is 5.10 Å². The van der Waals surface area contributed by atoms with Gasteiger partial charge in [-0.1, -0.05) is 0 Å². The molecule has 0 atom stereocenters. The molecule has 2 rings (SSSR count). The Kier molecular flexibility index (Phi) is 3.09. The van der Waals surface area contributed by atoms with Crippen molar-refractivity contribution in [2.75, 3.05) is 31.9 Å². The zero-order chi connectivity index (χ0) is 11.5. The number of hydrogen-bond donors (Lipinski definition) is 2. The van der Waals surface area contributed by atoms with E-state index >= 15 is 0 Å². The maximum absolute atomic E-state index is 12.2. The standard InChI is InChI=1S/C10H17N5O/c1-14-9(11)8(7-13-14)10(16)15-5-2-3-12-4-6-15/h7,12H,2-6,11H2,1H3. The van der Waals surface area contributed by atoms with E-state index in [1.165, 1.54) is 10.9 Å². The lowest BCUT2D eigenvalue weighted by molar-refractivity contribution is 0.0767. The minimum atomic E-state index is -0.0192. The van der Waals surface area contributed by atoms with Gasteiger partial charge >= 0.3 is 0 Å². The molecule has 6 nitrogen and oxygen atoms in total. The Balaban J connectivity index is 2.14. The van der Waals surface area contributed by atoms with Crippen LogP contribution in [0.4, 0.5) is 5.82 Å². The average molecular weight is 223 g/mol. The summed E-state index contributed by atoms with van der Waals surface area (Å²) in [4.78, 5) is 14.0. The first-order valence-corrected chi connectivity index (χ1v) is 5.47. The van der Waals surface area contributed by atoms with Crippen LogP contribution in [0.2, 0.25) is 0 Å². The number of nitrogens with two attached hydrogens (primary N) is 1. The van der Waals surface area contributed by atoms with Gasteiger partial charge < -0.3 is 16.0 Å². The van der Waals surface area contributed by atoms with E-state index in [0.29, 0.717) is 11.4 Å². The first-order valence-electron chi connectivity index (χ1n) is 5.47. The second-order valence-corrected chi connectivity index (χ2v) is 3.96. The molecule has 1 aliphatic rings. The van der Waals surface area contributed by atoms with Crippen LogP contribution in [0.25, 0.3) is 0 Å². The van der Waals surface area contributed by atoms with Crippen LogP contribution in [0, 0.1) is 0 Å². The van der Waals surface area contributed by atoms with Gasteiger partial charge in [0.15, 0.2) is 0 Å². The van der Waals surface area contributed by atoms with Crippen LogP contribution in [0.5, 0.6) is 0 Å². The Morgan fingerprint density at radius 1 is 1.50 bits per heavy atom. The van der Waals surface area contributed by atoms with Gasteiger partial charge in [0.25, 0.3) is 5.91 Å². The van der Waals surface area contributed by atoms with Crippen molar-refractivity contribution >= 4 is 11.7 Å². The van der Waals surface area contributed by atoms with Gasteiger partial charge in [-0.3, -0.25) is 9.48 Å². The van der Waals surface area contributed by atoms with Crippen molar-refractivity contribution in [2.24, 2.45) is 7.05 Å². The number of aromatic nitrogens is 2. The molecule has 2 heterocycles. The largest absolute Gasteiger partial charge is 0.383 e. The lowest BCUT2D eigenvalue weighted by Crippen LogP contribution is -2.34. The summed E-state index contributed by atoms with van der Waals surface area (Å²) < 4.78 is 1.52. The molecule has 88 valence electrons. The Morgan fingerprint density at radius 2 is 2.31 bits per heavy atom. The van der Waals surface area contributed by atoms with Gasteiger partial charge in [0.05, 0.1) is 6.20 Å². The van der Waals surface area contributed by atoms with Crippen LogP contribution < -0.4 is 11.1 Å². The minimum absolute atomic E-state index is 0.0192. The van der Waals surface area contributed by atoms with Gasteiger partial charge in [0.2, 0.25) is 0 Å². The highest BCUT2D eigenvalue weighted by atomic mass is 16.2. The molecule has 3 N–H and O–H groups in total. The van der Waals surface area contributed by atoms with Crippen LogP contribution in [0.1, 0.15) is 16.8 Å². The van der Waals surface area contributed by atoms with Crippen molar-refractivity contribution in [1.29, 1.82) is 0 Å². The van der Waals surface area contributed by atoms with Gasteiger partial charge in [-0.25, -0.2) is 0 Å². The number of rotatable bonds is 1. The number of nitrogen functional groups attached to an aromatic ring is 1. The molecule has 0 aromatic carbocycles. The molecule has 1 saturated heterocycles. The van der Waals surface area contributed by atoms with Gasteiger partial charge in [-0.15, -0.1) is 0 Å². The Hall–Kier alpha value is -1.56. The summed E-state index contributed by atoms with van der Waals surface area (Å²) in [6, 6.07) is 0. The molecule has 0 bridgehead atoms. The van der Waals surface area contributed by atoms with Crippen LogP contribution >= 0.6 is 0 Å². The SMILES string of the molecule is Cn1ncc(C(=O)N2CCCNCC2)c1N. The number of carbonyl (C=O) groups excluding carboxylic acids is 1. The molecule has 1 aromatic heterocycles. The van der Waals surface area contributed by atoms with E-state index in [9.17, 15) is 4.79 Å². The van der Waals surface area contributed by atoms with E-state index in [2.05, 4.69) is 10.4 Å². The predicted molar refractivity (Wildman–Crippen MR) is 61.0 cm³/mol. The van der Waals surface area contributed by atoms with E-state index in [1.807, 2.05) is 4.90 Å². The number of nitrogens with one attached hydrogen (secondary N) is 1. The van der Waals surface area contributed by atoms with Crippen molar-refractivity contribution in [1.82, 2.24) is 20.0 Å². The summed E-state index contributed by atoms with van der Waals surface area (Å²) >= 11 is 0. The maximum Gasteiger partial charge on any atom is 0.259 e. The number of anilines is 1. The van der Waals surface area contributed by atoms with Crippen LogP contribution in [0.3, 0.4) is 0 Å². The zero-order valence-corrected chi connectivity index (χ0v) is 9.44. The fourth-order valence-corrected chi connectivity index (χ4v) is 1.83. The lowest BCUT2D eigenvalue weighted by atomic mass is 10.2. The van der Waals surface area contributed by atoms with Crippen molar-refractivity contribution < 1.29 is 4.79 Å². The number of aryl methyl sites for hydroxylation is 1. The summed E-state index contributed by atoms with van der Waals surface area (Å²) in [5, 5.41) is 7.24. The second-order valence-electron chi connectivity index (χ2n) is 3.96. The maximum atomic E-state index is 12.2. The number of nitrogens with zero attached hydrogens (tertiary/aromatic N) is 3. The van der Waals surface area contributed by atoms with Gasteiger partial charge in [-0.05, 0) is 13.0 Å². The highest BCUT2D eigenvalue weighted by molar-refractivity contribution is 5.98. The molecule has 16 heavy (non-hydrogen) atoms. The molecular formula is C10H17N5O. The third-order valence-corrected chi connectivity index (χ3v) is 2.84. The molecule has 0 spiro atoms. The summed E-state index contributed by atoms with van der Waals surface area (Å²) in [5.74, 6) is 0.413. The first-order chi connectivity index (χ1) is 7.70. The highest BCUT2D eigenvalue weighted by Gasteiger charge is 2.21. The second kappa shape index (κ2) is 4.52. The predicted octanol–water partition coefficient (Wildman–Crippen LogP) is -0.562. The molecule has 1 aromatic rings. The summed E-state index contributed by atoms with van der Waals surface area (Å²) in [6.07, 6.45) is 2.52. The van der Waals surface area contributed by atoms with Crippen molar-refractivity contribution in [3.63, 3.8) is 0 Å². The monoisotopic (exact) mass is 223 g/mol. The van der Waals surface area contributed by atoms with Crippen LogP contribution in [0.15, 0.2) is 6.20 Å². The first kappa shape index (κ1) is 10.9. The average Bonchev–Trinajstić information content (AvgIpc) is 2.53. The fraction of sp³-hybridized carbons (Fsp3) is 0.600. The Morgan fingerprint density at radius 3 is 3.00 bits per heavy atom. The van der Waals surface area contributed by atoms with Gasteiger partial charge in [0, 0.05) is 26.7 Å². The van der Waals surface area contributed by atoms with Crippen molar-refractivity contribution in [3.8, 4) is 0 Å². The smallest absolute Gasteiger partial charge is 0.259 e. The third kappa shape index (κ3) is 2.01. The molecule has 0 unspecified atom stereocenters. The van der Waals surface area contributed by atoms with Crippen LogP contribution in [-0.4, -0.2) is 46.8 Å². The Labute approximate surface area is 94.4 Å². The van der Waals surface area contributed by atoms with E-state index in [1.54, 1.807) is 7.05 Å². The van der Waals surface area contributed by atoms with E-state index in [4.69, 9.17) is 5.73 Å². The topological polar surface area (TPSA) is 76.2 Å². The van der Waals surface area contributed by atoms with Crippen molar-refractivity contribution in [2.45, 2.75) is 6.42 Å². The molecular weight excluding hydrogens is 206 g/mol. The van der Waals surface area contributed by atoms with E-state index in [0.717, 1.165) is 32.6 Å². The molecule has 1 fully saturated rings. The summed E-state index contributed by atoms with van der Waals surface area (Å²) in [5.41, 5.74) is 6.29. The normalized spacial score (nSPS) is 17.2. The Bertz CT molecular complexity index is 379. The molecule has 6 heteroatoms.